The molecular weight excluding hydrogens is 537 g/mol. The molecule has 0 fully saturated rings. The van der Waals surface area contributed by atoms with Crippen molar-refractivity contribution in [3.05, 3.63) is 121 Å². The highest BCUT2D eigenvalue weighted by Gasteiger charge is 2.52. The molecule has 0 N–H and O–H groups in total. The topological polar surface area (TPSA) is 55.4 Å². The van der Waals surface area contributed by atoms with Crippen molar-refractivity contribution < 1.29 is 26.6 Å². The minimum atomic E-state index is -3.15. The van der Waals surface area contributed by atoms with Crippen LogP contribution < -0.4 is 18.5 Å². The van der Waals surface area contributed by atoms with Gasteiger partial charge < -0.3 is 26.6 Å². The molecule has 0 radical (unpaired) electrons. The van der Waals surface area contributed by atoms with Crippen molar-refractivity contribution in [2.24, 2.45) is 5.41 Å². The Bertz CT molecular complexity index is 1120. The zero-order chi connectivity index (χ0) is 28.9. The molecule has 4 aromatic rings. The summed E-state index contributed by atoms with van der Waals surface area (Å²) in [6.45, 7) is 6.52. The molecule has 40 heavy (non-hydrogen) atoms. The van der Waals surface area contributed by atoms with E-state index in [1.165, 1.54) is 0 Å². The molecule has 0 bridgehead atoms. The van der Waals surface area contributed by atoms with Gasteiger partial charge in [-0.2, -0.15) is 0 Å². The molecule has 0 aromatic heterocycles. The molecular formula is C32H40O6Si2. The van der Waals surface area contributed by atoms with Gasteiger partial charge in [0.1, 0.15) is 17.2 Å². The van der Waals surface area contributed by atoms with Crippen LogP contribution in [0.5, 0.6) is 17.2 Å². The molecule has 0 atom stereocenters. The summed E-state index contributed by atoms with van der Waals surface area (Å²) in [7, 11) is -0.937. The van der Waals surface area contributed by atoms with Gasteiger partial charge in [0, 0.05) is 26.5 Å². The molecule has 0 aliphatic heterocycles. The third kappa shape index (κ3) is 9.36. The fraction of sp³-hybridized carbons (Fsp3) is 0.250. The average molecular weight is 577 g/mol. The van der Waals surface area contributed by atoms with Crippen molar-refractivity contribution in [1.82, 2.24) is 0 Å². The monoisotopic (exact) mass is 576 g/mol. The van der Waals surface area contributed by atoms with Crippen molar-refractivity contribution in [2.45, 2.75) is 26.8 Å². The summed E-state index contributed by atoms with van der Waals surface area (Å²) < 4.78 is 35.4. The molecule has 4 rings (SSSR count). The van der Waals surface area contributed by atoms with Crippen LogP contribution in [0.2, 0.25) is 6.04 Å². The van der Waals surface area contributed by atoms with Gasteiger partial charge in [0.15, 0.2) is 0 Å². The van der Waals surface area contributed by atoms with Crippen molar-refractivity contribution in [1.29, 1.82) is 0 Å². The van der Waals surface area contributed by atoms with Gasteiger partial charge in [-0.15, -0.1) is 0 Å². The lowest BCUT2D eigenvalue weighted by molar-refractivity contribution is 0.140. The fourth-order valence-corrected chi connectivity index (χ4v) is 9.00. The Kier molecular flexibility index (Phi) is 11.5. The lowest BCUT2D eigenvalue weighted by atomic mass is 10.0. The van der Waals surface area contributed by atoms with Gasteiger partial charge >= 0.3 is 17.6 Å². The summed E-state index contributed by atoms with van der Waals surface area (Å²) in [4.78, 5) is 0. The zero-order valence-electron chi connectivity index (χ0n) is 24.2. The number of hydrogen-bond donors (Lipinski definition) is 0. The van der Waals surface area contributed by atoms with Gasteiger partial charge in [0.2, 0.25) is 0 Å². The number of hydrogen-bond acceptors (Lipinski definition) is 6. The maximum Gasteiger partial charge on any atom is 0.699 e. The first-order valence-electron chi connectivity index (χ1n) is 13.2. The van der Waals surface area contributed by atoms with Crippen LogP contribution in [0.15, 0.2) is 121 Å². The van der Waals surface area contributed by atoms with Crippen LogP contribution in [-0.2, 0) is 13.3 Å². The molecule has 0 heterocycles. The molecule has 0 spiro atoms. The Hall–Kier alpha value is -3.41. The molecule has 6 nitrogen and oxygen atoms in total. The summed E-state index contributed by atoms with van der Waals surface area (Å²) in [5.74, 6) is 2.25. The van der Waals surface area contributed by atoms with Crippen LogP contribution in [0.3, 0.4) is 0 Å². The third-order valence-electron chi connectivity index (χ3n) is 5.73. The predicted molar refractivity (Wildman–Crippen MR) is 164 cm³/mol. The second-order valence-corrected chi connectivity index (χ2v) is 15.4. The molecule has 4 aromatic carbocycles. The van der Waals surface area contributed by atoms with E-state index in [0.29, 0.717) is 6.04 Å². The van der Waals surface area contributed by atoms with E-state index in [1.54, 1.807) is 21.3 Å². The molecule has 0 saturated heterocycles. The summed E-state index contributed by atoms with van der Waals surface area (Å²) >= 11 is 0. The van der Waals surface area contributed by atoms with Crippen LogP contribution in [0.4, 0.5) is 0 Å². The SMILES string of the molecule is CC(C)(C)C[Si](Oc1ccccc1)(Oc1ccccc1)Oc1ccccc1.CO[Si](OC)(OC)c1ccccc1. The van der Waals surface area contributed by atoms with E-state index in [1.807, 2.05) is 121 Å². The summed E-state index contributed by atoms with van der Waals surface area (Å²) in [6.07, 6.45) is 0. The van der Waals surface area contributed by atoms with Crippen LogP contribution >= 0.6 is 0 Å². The Balaban J connectivity index is 0.000000285. The highest BCUT2D eigenvalue weighted by Crippen LogP contribution is 2.33. The Morgan fingerprint density at radius 1 is 0.475 bits per heavy atom. The highest BCUT2D eigenvalue weighted by molar-refractivity contribution is 6.75. The first-order chi connectivity index (χ1) is 19.2. The number of rotatable bonds is 11. The molecule has 0 saturated carbocycles. The first kappa shape index (κ1) is 31.1. The van der Waals surface area contributed by atoms with Gasteiger partial charge in [-0.3, -0.25) is 0 Å². The van der Waals surface area contributed by atoms with Gasteiger partial charge in [-0.25, -0.2) is 0 Å². The van der Waals surface area contributed by atoms with Crippen LogP contribution in [0.25, 0.3) is 0 Å². The third-order valence-corrected chi connectivity index (χ3v) is 11.5. The van der Waals surface area contributed by atoms with E-state index in [-0.39, 0.29) is 5.41 Å². The maximum atomic E-state index is 6.48. The Morgan fingerprint density at radius 2 is 0.775 bits per heavy atom. The lowest BCUT2D eigenvalue weighted by Crippen LogP contribution is -2.56. The lowest BCUT2D eigenvalue weighted by Gasteiger charge is -2.34. The second kappa shape index (κ2) is 14.8. The van der Waals surface area contributed by atoms with E-state index >= 15 is 0 Å². The largest absolute Gasteiger partial charge is 0.699 e. The summed E-state index contributed by atoms with van der Waals surface area (Å²) in [5.41, 5.74) is -0.0371. The highest BCUT2D eigenvalue weighted by atomic mass is 28.4. The van der Waals surface area contributed by atoms with Crippen molar-refractivity contribution in [2.75, 3.05) is 21.3 Å². The molecule has 0 amide bonds. The minimum Gasteiger partial charge on any atom is -0.483 e. The van der Waals surface area contributed by atoms with Crippen LogP contribution in [0, 0.1) is 5.41 Å². The first-order valence-corrected chi connectivity index (χ1v) is 16.8. The zero-order valence-corrected chi connectivity index (χ0v) is 26.2. The number of benzene rings is 4. The predicted octanol–water partition coefficient (Wildman–Crippen LogP) is 6.98. The molecule has 0 aliphatic carbocycles. The van der Waals surface area contributed by atoms with Gasteiger partial charge in [0.25, 0.3) is 0 Å². The normalized spacial score (nSPS) is 11.7. The Morgan fingerprint density at radius 3 is 1.05 bits per heavy atom. The molecule has 212 valence electrons. The Labute approximate surface area is 241 Å². The van der Waals surface area contributed by atoms with E-state index in [2.05, 4.69) is 20.8 Å². The van der Waals surface area contributed by atoms with E-state index in [0.717, 1.165) is 22.4 Å². The summed E-state index contributed by atoms with van der Waals surface area (Å²) in [5, 5.41) is 0.975. The average Bonchev–Trinajstić information content (AvgIpc) is 2.96. The minimum absolute atomic E-state index is 0.0371. The molecule has 0 aliphatic rings. The quantitative estimate of drug-likeness (QED) is 0.180. The fourth-order valence-electron chi connectivity index (χ4n) is 4.07. The van der Waals surface area contributed by atoms with Crippen LogP contribution in [0.1, 0.15) is 20.8 Å². The molecule has 8 heteroatoms. The van der Waals surface area contributed by atoms with E-state index in [9.17, 15) is 0 Å². The van der Waals surface area contributed by atoms with Crippen molar-refractivity contribution in [3.63, 3.8) is 0 Å². The van der Waals surface area contributed by atoms with Gasteiger partial charge in [-0.1, -0.05) is 106 Å². The number of para-hydroxylation sites is 3. The van der Waals surface area contributed by atoms with Gasteiger partial charge in [0.05, 0.1) is 6.04 Å². The standard InChI is InChI=1S/C23H26O3Si.C9H14O3Si/c1-23(2,3)19-27(24-20-13-7-4-8-14-20,25-21-15-9-5-10-16-21)26-22-17-11-6-12-18-22;1-10-13(11-2,12-3)9-7-5-4-6-8-9/h4-18H,19H2,1-3H3;4-8H,1-3H3. The van der Waals surface area contributed by atoms with E-state index < -0.39 is 17.6 Å². The van der Waals surface area contributed by atoms with Crippen molar-refractivity contribution in [3.8, 4) is 17.2 Å². The second-order valence-electron chi connectivity index (χ2n) is 10.2. The van der Waals surface area contributed by atoms with Gasteiger partial charge in [-0.05, 0) is 41.8 Å². The summed E-state index contributed by atoms with van der Waals surface area (Å²) in [6, 6.07) is 39.6. The maximum absolute atomic E-state index is 6.48. The van der Waals surface area contributed by atoms with E-state index in [4.69, 9.17) is 26.6 Å². The van der Waals surface area contributed by atoms with Crippen LogP contribution in [-0.4, -0.2) is 38.9 Å². The molecule has 0 unspecified atom stereocenters. The van der Waals surface area contributed by atoms with Crippen molar-refractivity contribution >= 4 is 22.8 Å². The smallest absolute Gasteiger partial charge is 0.483 e.